The van der Waals surface area contributed by atoms with Gasteiger partial charge in [-0.3, -0.25) is 4.90 Å². The zero-order valence-corrected chi connectivity index (χ0v) is 13.5. The highest BCUT2D eigenvalue weighted by molar-refractivity contribution is 5.87. The maximum absolute atomic E-state index is 11.8. The topological polar surface area (TPSA) is 38.8 Å². The van der Waals surface area contributed by atoms with Crippen molar-refractivity contribution in [2.45, 2.75) is 32.3 Å². The molecule has 4 nitrogen and oxygen atoms in total. The van der Waals surface area contributed by atoms with E-state index in [4.69, 9.17) is 9.47 Å². The van der Waals surface area contributed by atoms with Crippen LogP contribution in [0, 0.1) is 0 Å². The average Bonchev–Trinajstić information content (AvgIpc) is 2.54. The minimum Gasteiger partial charge on any atom is -0.497 e. The standard InChI is InChI=1S/C18H25NO3/c1-15(14-19-12-4-3-5-13-19)22-18(20)11-8-16-6-9-17(21-2)10-7-16/h6-11,15H,3-5,12-14H2,1-2H3. The third kappa shape index (κ3) is 5.53. The van der Waals surface area contributed by atoms with Gasteiger partial charge in [0.25, 0.3) is 0 Å². The number of methoxy groups -OCH3 is 1. The van der Waals surface area contributed by atoms with Crippen LogP contribution in [0.5, 0.6) is 5.75 Å². The van der Waals surface area contributed by atoms with Crippen LogP contribution in [0.4, 0.5) is 0 Å². The second kappa shape index (κ2) is 8.59. The molecule has 0 spiro atoms. The van der Waals surface area contributed by atoms with Crippen molar-refractivity contribution in [3.63, 3.8) is 0 Å². The molecular weight excluding hydrogens is 278 g/mol. The fourth-order valence-corrected chi connectivity index (χ4v) is 2.66. The van der Waals surface area contributed by atoms with Crippen molar-refractivity contribution in [2.24, 2.45) is 0 Å². The third-order valence-corrected chi connectivity index (χ3v) is 3.81. The summed E-state index contributed by atoms with van der Waals surface area (Å²) >= 11 is 0. The van der Waals surface area contributed by atoms with Crippen LogP contribution in [0.1, 0.15) is 31.7 Å². The number of hydrogen-bond acceptors (Lipinski definition) is 4. The van der Waals surface area contributed by atoms with Crippen molar-refractivity contribution >= 4 is 12.0 Å². The molecule has 4 heteroatoms. The van der Waals surface area contributed by atoms with Gasteiger partial charge in [-0.25, -0.2) is 4.79 Å². The molecule has 0 amide bonds. The van der Waals surface area contributed by atoms with E-state index < -0.39 is 0 Å². The van der Waals surface area contributed by atoms with E-state index in [1.54, 1.807) is 13.2 Å². The van der Waals surface area contributed by atoms with Crippen LogP contribution >= 0.6 is 0 Å². The molecule has 0 saturated carbocycles. The fraction of sp³-hybridized carbons (Fsp3) is 0.500. The molecule has 0 N–H and O–H groups in total. The molecule has 1 fully saturated rings. The predicted molar refractivity (Wildman–Crippen MR) is 87.9 cm³/mol. The van der Waals surface area contributed by atoms with Gasteiger partial charge in [0, 0.05) is 12.6 Å². The fourth-order valence-electron chi connectivity index (χ4n) is 2.66. The lowest BCUT2D eigenvalue weighted by atomic mass is 10.1. The number of piperidine rings is 1. The van der Waals surface area contributed by atoms with Gasteiger partial charge in [-0.2, -0.15) is 0 Å². The molecule has 1 heterocycles. The van der Waals surface area contributed by atoms with Crippen LogP contribution in [0.2, 0.25) is 0 Å². The van der Waals surface area contributed by atoms with E-state index in [2.05, 4.69) is 4.90 Å². The van der Waals surface area contributed by atoms with Crippen molar-refractivity contribution in [2.75, 3.05) is 26.7 Å². The second-order valence-corrected chi connectivity index (χ2v) is 5.72. The Hall–Kier alpha value is -1.81. The first-order chi connectivity index (χ1) is 10.7. The van der Waals surface area contributed by atoms with Gasteiger partial charge in [0.05, 0.1) is 7.11 Å². The van der Waals surface area contributed by atoms with Crippen molar-refractivity contribution < 1.29 is 14.3 Å². The number of esters is 1. The first-order valence-corrected chi connectivity index (χ1v) is 7.92. The molecule has 2 rings (SSSR count). The van der Waals surface area contributed by atoms with Crippen LogP contribution < -0.4 is 4.74 Å². The van der Waals surface area contributed by atoms with Gasteiger partial charge in [0.1, 0.15) is 11.9 Å². The molecule has 1 unspecified atom stereocenters. The Kier molecular flexibility index (Phi) is 6.46. The molecular formula is C18H25NO3. The van der Waals surface area contributed by atoms with E-state index in [1.165, 1.54) is 25.3 Å². The second-order valence-electron chi connectivity index (χ2n) is 5.72. The first-order valence-electron chi connectivity index (χ1n) is 7.92. The van der Waals surface area contributed by atoms with Gasteiger partial charge in [-0.15, -0.1) is 0 Å². The summed E-state index contributed by atoms with van der Waals surface area (Å²) in [5.41, 5.74) is 0.946. The molecule has 0 radical (unpaired) electrons. The summed E-state index contributed by atoms with van der Waals surface area (Å²) in [4.78, 5) is 14.2. The zero-order chi connectivity index (χ0) is 15.8. The Balaban J connectivity index is 1.76. The molecule has 1 saturated heterocycles. The molecule has 1 aliphatic heterocycles. The van der Waals surface area contributed by atoms with Gasteiger partial charge >= 0.3 is 5.97 Å². The quantitative estimate of drug-likeness (QED) is 0.598. The van der Waals surface area contributed by atoms with Gasteiger partial charge in [-0.05, 0) is 56.6 Å². The number of hydrogen-bond donors (Lipinski definition) is 0. The van der Waals surface area contributed by atoms with Crippen molar-refractivity contribution in [1.82, 2.24) is 4.90 Å². The Labute approximate surface area is 132 Å². The van der Waals surface area contributed by atoms with E-state index in [-0.39, 0.29) is 12.1 Å². The largest absolute Gasteiger partial charge is 0.497 e. The van der Waals surface area contributed by atoms with E-state index in [1.807, 2.05) is 31.2 Å². The number of rotatable bonds is 6. The normalized spacial score (nSPS) is 17.4. The molecule has 1 aromatic rings. The number of likely N-dealkylation sites (tertiary alicyclic amines) is 1. The summed E-state index contributed by atoms with van der Waals surface area (Å²) in [6.07, 6.45) is 6.97. The summed E-state index contributed by atoms with van der Waals surface area (Å²) in [7, 11) is 1.63. The first kappa shape index (κ1) is 16.6. The van der Waals surface area contributed by atoms with Crippen molar-refractivity contribution in [3.05, 3.63) is 35.9 Å². The lowest BCUT2D eigenvalue weighted by molar-refractivity contribution is -0.143. The van der Waals surface area contributed by atoms with Crippen LogP contribution in [-0.2, 0) is 9.53 Å². The summed E-state index contributed by atoms with van der Waals surface area (Å²) in [5, 5.41) is 0. The zero-order valence-electron chi connectivity index (χ0n) is 13.5. The van der Waals surface area contributed by atoms with Crippen LogP contribution in [0.25, 0.3) is 6.08 Å². The lowest BCUT2D eigenvalue weighted by Gasteiger charge is -2.28. The van der Waals surface area contributed by atoms with E-state index >= 15 is 0 Å². The van der Waals surface area contributed by atoms with Crippen LogP contribution in [0.15, 0.2) is 30.3 Å². The van der Waals surface area contributed by atoms with Crippen molar-refractivity contribution in [1.29, 1.82) is 0 Å². The molecule has 0 aromatic heterocycles. The minimum atomic E-state index is -0.291. The number of carbonyl (C=O) groups is 1. The molecule has 120 valence electrons. The molecule has 0 aliphatic carbocycles. The van der Waals surface area contributed by atoms with Crippen LogP contribution in [0.3, 0.4) is 0 Å². The summed E-state index contributed by atoms with van der Waals surface area (Å²) in [6.45, 7) is 5.00. The molecule has 1 atom stereocenters. The Bertz CT molecular complexity index is 490. The van der Waals surface area contributed by atoms with Gasteiger partial charge in [0.15, 0.2) is 0 Å². The van der Waals surface area contributed by atoms with E-state index in [9.17, 15) is 4.79 Å². The van der Waals surface area contributed by atoms with Crippen LogP contribution in [-0.4, -0.2) is 43.7 Å². The lowest BCUT2D eigenvalue weighted by Crippen LogP contribution is -2.36. The Morgan fingerprint density at radius 2 is 1.91 bits per heavy atom. The monoisotopic (exact) mass is 303 g/mol. The summed E-state index contributed by atoms with van der Waals surface area (Å²) in [6, 6.07) is 7.54. The minimum absolute atomic E-state index is 0.0777. The SMILES string of the molecule is COc1ccc(C=CC(=O)OC(C)CN2CCCCC2)cc1. The van der Waals surface area contributed by atoms with Gasteiger partial charge in [-0.1, -0.05) is 18.6 Å². The number of nitrogens with zero attached hydrogens (tertiary/aromatic N) is 1. The highest BCUT2D eigenvalue weighted by Crippen LogP contribution is 2.13. The maximum Gasteiger partial charge on any atom is 0.331 e. The Morgan fingerprint density at radius 3 is 2.55 bits per heavy atom. The summed E-state index contributed by atoms with van der Waals surface area (Å²) in [5.74, 6) is 0.509. The Morgan fingerprint density at radius 1 is 1.23 bits per heavy atom. The summed E-state index contributed by atoms with van der Waals surface area (Å²) < 4.78 is 10.5. The average molecular weight is 303 g/mol. The number of ether oxygens (including phenoxy) is 2. The van der Waals surface area contributed by atoms with E-state index in [0.29, 0.717) is 0 Å². The van der Waals surface area contributed by atoms with Crippen molar-refractivity contribution in [3.8, 4) is 5.75 Å². The molecule has 1 aliphatic rings. The highest BCUT2D eigenvalue weighted by Gasteiger charge is 2.15. The number of benzene rings is 1. The molecule has 0 bridgehead atoms. The smallest absolute Gasteiger partial charge is 0.331 e. The molecule has 1 aromatic carbocycles. The maximum atomic E-state index is 11.8. The van der Waals surface area contributed by atoms with E-state index in [0.717, 1.165) is 30.9 Å². The van der Waals surface area contributed by atoms with Gasteiger partial charge < -0.3 is 9.47 Å². The predicted octanol–water partition coefficient (Wildman–Crippen LogP) is 3.13. The highest BCUT2D eigenvalue weighted by atomic mass is 16.5. The van der Waals surface area contributed by atoms with Gasteiger partial charge in [0.2, 0.25) is 0 Å². The third-order valence-electron chi connectivity index (χ3n) is 3.81. The molecule has 22 heavy (non-hydrogen) atoms. The number of carbonyl (C=O) groups excluding carboxylic acids is 1.